The summed E-state index contributed by atoms with van der Waals surface area (Å²) in [6.45, 7) is 10.1. The number of anilines is 1. The van der Waals surface area contributed by atoms with Gasteiger partial charge in [-0.3, -0.25) is 9.78 Å². The van der Waals surface area contributed by atoms with E-state index in [0.29, 0.717) is 28.5 Å². The molecule has 0 aliphatic rings. The number of carbonyl (C=O) groups excluding carboxylic acids is 1. The third kappa shape index (κ3) is 5.26. The molecule has 2 N–H and O–H groups in total. The fraction of sp³-hybridized carbons (Fsp3) is 0.133. The smallest absolute Gasteiger partial charge is 0.247 e. The number of amides is 1. The molecule has 2 aromatic carbocycles. The Morgan fingerprint density at radius 1 is 1.00 bits per heavy atom. The van der Waals surface area contributed by atoms with Crippen LogP contribution in [0.3, 0.4) is 0 Å². The molecule has 3 aromatic heterocycles. The number of nitrogens with zero attached hydrogens (tertiary/aromatic N) is 3. The second-order valence-corrected chi connectivity index (χ2v) is 9.69. The number of aromatic amines is 1. The Morgan fingerprint density at radius 2 is 1.84 bits per heavy atom. The van der Waals surface area contributed by atoms with E-state index >= 15 is 0 Å². The van der Waals surface area contributed by atoms with E-state index in [1.165, 1.54) is 11.6 Å². The number of carbonyl (C=O) groups is 1. The summed E-state index contributed by atoms with van der Waals surface area (Å²) in [6.07, 6.45) is 6.49. The normalized spacial score (nSPS) is 11.3. The van der Waals surface area contributed by atoms with Gasteiger partial charge in [-0.15, -0.1) is 0 Å². The summed E-state index contributed by atoms with van der Waals surface area (Å²) in [7, 11) is 0. The highest BCUT2D eigenvalue weighted by molar-refractivity contribution is 5.99. The molecular formula is C30H27N5O2. The first-order valence-electron chi connectivity index (χ1n) is 11.9. The fourth-order valence-corrected chi connectivity index (χ4v) is 3.96. The zero-order valence-electron chi connectivity index (χ0n) is 20.9. The molecule has 5 aromatic rings. The van der Waals surface area contributed by atoms with Gasteiger partial charge in [-0.1, -0.05) is 57.7 Å². The third-order valence-corrected chi connectivity index (χ3v) is 5.97. The fourth-order valence-electron chi connectivity index (χ4n) is 3.96. The summed E-state index contributed by atoms with van der Waals surface area (Å²) in [5.41, 5.74) is 7.05. The van der Waals surface area contributed by atoms with Gasteiger partial charge in [0.25, 0.3) is 0 Å². The maximum absolute atomic E-state index is 11.6. The average molecular weight is 490 g/mol. The summed E-state index contributed by atoms with van der Waals surface area (Å²) < 4.78 is 5.94. The predicted octanol–water partition coefficient (Wildman–Crippen LogP) is 6.90. The number of H-pyrrole nitrogens is 1. The van der Waals surface area contributed by atoms with Crippen molar-refractivity contribution in [3.63, 3.8) is 0 Å². The van der Waals surface area contributed by atoms with Gasteiger partial charge < -0.3 is 15.0 Å². The van der Waals surface area contributed by atoms with Crippen LogP contribution >= 0.6 is 0 Å². The molecule has 3 heterocycles. The van der Waals surface area contributed by atoms with E-state index in [0.717, 1.165) is 22.4 Å². The Balaban J connectivity index is 1.41. The minimum atomic E-state index is -0.295. The molecule has 7 nitrogen and oxygen atoms in total. The zero-order chi connectivity index (χ0) is 26.0. The number of benzene rings is 2. The summed E-state index contributed by atoms with van der Waals surface area (Å²) in [5.74, 6) is 0.567. The van der Waals surface area contributed by atoms with Gasteiger partial charge in [-0.05, 0) is 41.3 Å². The quantitative estimate of drug-likeness (QED) is 0.253. The Labute approximate surface area is 215 Å². The van der Waals surface area contributed by atoms with E-state index in [1.54, 1.807) is 30.5 Å². The van der Waals surface area contributed by atoms with Gasteiger partial charge in [-0.2, -0.15) is 0 Å². The summed E-state index contributed by atoms with van der Waals surface area (Å²) in [4.78, 5) is 28.6. The van der Waals surface area contributed by atoms with Crippen molar-refractivity contribution in [2.75, 3.05) is 5.32 Å². The molecule has 1 amide bonds. The van der Waals surface area contributed by atoms with Crippen LogP contribution in [0, 0.1) is 0 Å². The third-order valence-electron chi connectivity index (χ3n) is 5.97. The van der Waals surface area contributed by atoms with Crippen LogP contribution in [0.2, 0.25) is 0 Å². The lowest BCUT2D eigenvalue weighted by atomic mass is 9.86. The number of hydrogen-bond acceptors (Lipinski definition) is 5. The molecule has 0 spiro atoms. The highest BCUT2D eigenvalue weighted by atomic mass is 16.5. The molecule has 184 valence electrons. The average Bonchev–Trinajstić information content (AvgIpc) is 3.32. The van der Waals surface area contributed by atoms with Crippen LogP contribution < -0.4 is 10.1 Å². The van der Waals surface area contributed by atoms with Crippen LogP contribution in [0.25, 0.3) is 33.5 Å². The van der Waals surface area contributed by atoms with Crippen molar-refractivity contribution in [2.24, 2.45) is 0 Å². The number of ether oxygens (including phenoxy) is 1. The van der Waals surface area contributed by atoms with E-state index in [4.69, 9.17) is 9.72 Å². The Kier molecular flexibility index (Phi) is 6.27. The Bertz CT molecular complexity index is 1600. The van der Waals surface area contributed by atoms with Gasteiger partial charge in [0.05, 0.1) is 11.9 Å². The predicted molar refractivity (Wildman–Crippen MR) is 147 cm³/mol. The van der Waals surface area contributed by atoms with Gasteiger partial charge in [0, 0.05) is 40.8 Å². The van der Waals surface area contributed by atoms with E-state index < -0.39 is 0 Å². The summed E-state index contributed by atoms with van der Waals surface area (Å²) in [5, 5.41) is 2.72. The highest BCUT2D eigenvalue weighted by Crippen LogP contribution is 2.31. The standard InChI is InChI=1S/C30H27N5O2/c1-5-26(36)34-22-10-7-11-23(15-22)37-27-18-33-29-28(35-27)24(17-32-29)20-12-13-25(31-16-20)19-8-6-9-21(14-19)30(2,3)4/h5-18H,1H2,2-4H3,(H,32,33)(H,34,36). The van der Waals surface area contributed by atoms with Crippen molar-refractivity contribution in [1.29, 1.82) is 0 Å². The van der Waals surface area contributed by atoms with E-state index in [2.05, 4.69) is 71.9 Å². The maximum Gasteiger partial charge on any atom is 0.247 e. The number of rotatable bonds is 6. The van der Waals surface area contributed by atoms with Crippen molar-refractivity contribution in [3.8, 4) is 34.0 Å². The zero-order valence-corrected chi connectivity index (χ0v) is 20.9. The lowest BCUT2D eigenvalue weighted by Gasteiger charge is -2.19. The van der Waals surface area contributed by atoms with E-state index in [1.807, 2.05) is 24.5 Å². The largest absolute Gasteiger partial charge is 0.437 e. The number of aromatic nitrogens is 4. The molecule has 0 aliphatic carbocycles. The van der Waals surface area contributed by atoms with Crippen molar-refractivity contribution in [3.05, 3.63) is 97.5 Å². The van der Waals surface area contributed by atoms with Crippen LogP contribution in [0.15, 0.2) is 91.9 Å². The van der Waals surface area contributed by atoms with Crippen molar-refractivity contribution in [2.45, 2.75) is 26.2 Å². The first kappa shape index (κ1) is 23.9. The lowest BCUT2D eigenvalue weighted by molar-refractivity contribution is -0.111. The highest BCUT2D eigenvalue weighted by Gasteiger charge is 2.15. The van der Waals surface area contributed by atoms with Gasteiger partial charge in [0.2, 0.25) is 11.8 Å². The van der Waals surface area contributed by atoms with E-state index in [-0.39, 0.29) is 11.3 Å². The van der Waals surface area contributed by atoms with Gasteiger partial charge in [-0.25, -0.2) is 9.97 Å². The monoisotopic (exact) mass is 489 g/mol. The first-order chi connectivity index (χ1) is 17.8. The molecule has 5 rings (SSSR count). The molecule has 0 saturated heterocycles. The van der Waals surface area contributed by atoms with Crippen molar-refractivity contribution >= 4 is 22.8 Å². The minimum absolute atomic E-state index is 0.0687. The van der Waals surface area contributed by atoms with E-state index in [9.17, 15) is 4.79 Å². The number of pyridine rings is 1. The molecule has 0 aliphatic heterocycles. The molecule has 0 radical (unpaired) electrons. The van der Waals surface area contributed by atoms with Crippen LogP contribution in [0.1, 0.15) is 26.3 Å². The van der Waals surface area contributed by atoms with Crippen molar-refractivity contribution < 1.29 is 9.53 Å². The molecule has 0 atom stereocenters. The summed E-state index contributed by atoms with van der Waals surface area (Å²) in [6, 6.07) is 19.6. The van der Waals surface area contributed by atoms with Crippen LogP contribution in [-0.4, -0.2) is 25.8 Å². The van der Waals surface area contributed by atoms with Gasteiger partial charge in [0.15, 0.2) is 5.65 Å². The number of nitrogens with one attached hydrogen (secondary N) is 2. The Morgan fingerprint density at radius 3 is 2.59 bits per heavy atom. The number of hydrogen-bond donors (Lipinski definition) is 2. The maximum atomic E-state index is 11.6. The van der Waals surface area contributed by atoms with Crippen LogP contribution in [-0.2, 0) is 10.2 Å². The second kappa shape index (κ2) is 9.70. The van der Waals surface area contributed by atoms with Crippen molar-refractivity contribution in [1.82, 2.24) is 19.9 Å². The minimum Gasteiger partial charge on any atom is -0.437 e. The molecule has 37 heavy (non-hydrogen) atoms. The summed E-state index contributed by atoms with van der Waals surface area (Å²) >= 11 is 0. The molecule has 0 bridgehead atoms. The topological polar surface area (TPSA) is 92.8 Å². The first-order valence-corrected chi connectivity index (χ1v) is 11.9. The molecule has 0 fully saturated rings. The molecule has 0 unspecified atom stereocenters. The lowest BCUT2D eigenvalue weighted by Crippen LogP contribution is -2.10. The van der Waals surface area contributed by atoms with Crippen LogP contribution in [0.5, 0.6) is 11.6 Å². The molecular weight excluding hydrogens is 462 g/mol. The van der Waals surface area contributed by atoms with Gasteiger partial charge >= 0.3 is 0 Å². The molecule has 0 saturated carbocycles. The number of fused-ring (bicyclic) bond motifs is 1. The Hall–Kier alpha value is -4.78. The van der Waals surface area contributed by atoms with Gasteiger partial charge in [0.1, 0.15) is 11.3 Å². The molecule has 7 heteroatoms. The SMILES string of the molecule is C=CC(=O)Nc1cccc(Oc2cnc3[nH]cc(-c4ccc(-c5cccc(C(C)(C)C)c5)nc4)c3n2)c1. The van der Waals surface area contributed by atoms with Crippen LogP contribution in [0.4, 0.5) is 5.69 Å². The second-order valence-electron chi connectivity index (χ2n) is 9.69.